The molecule has 4 heteroatoms. The number of hydrogen-bond donors (Lipinski definition) is 0. The number of para-hydroxylation sites is 2. The van der Waals surface area contributed by atoms with Crippen molar-refractivity contribution in [2.75, 3.05) is 4.90 Å². The maximum Gasteiger partial charge on any atom is 0.256 e. The van der Waals surface area contributed by atoms with E-state index in [1.807, 2.05) is 0 Å². The Morgan fingerprint density at radius 1 is 0.436 bits per heavy atom. The van der Waals surface area contributed by atoms with Gasteiger partial charge >= 0.3 is 0 Å². The molecule has 2 nitrogen and oxygen atoms in total. The molecule has 0 amide bonds. The summed E-state index contributed by atoms with van der Waals surface area (Å²) in [5.74, 6) is 1.88. The Balaban J connectivity index is 1.29. The lowest BCUT2D eigenvalue weighted by atomic mass is 9.34. The number of hydrogen-bond acceptors (Lipinski definition) is 2. The highest BCUT2D eigenvalue weighted by molar-refractivity contribution is 7.22. The molecule has 0 N–H and O–H groups in total. The topological polar surface area (TPSA) is 12.5 Å². The summed E-state index contributed by atoms with van der Waals surface area (Å²) in [5, 5.41) is 5.74. The molecule has 8 aromatic rings. The van der Waals surface area contributed by atoms with Crippen molar-refractivity contribution >= 4 is 69.0 Å². The summed E-state index contributed by atoms with van der Waals surface area (Å²) >= 11 is 0. The van der Waals surface area contributed by atoms with Crippen LogP contribution >= 0.6 is 0 Å². The van der Waals surface area contributed by atoms with E-state index in [0.717, 1.165) is 17.2 Å². The van der Waals surface area contributed by atoms with Gasteiger partial charge in [-0.15, -0.1) is 0 Å². The lowest BCUT2D eigenvalue weighted by Gasteiger charge is -2.42. The molecule has 0 spiro atoms. The third-order valence-electron chi connectivity index (χ3n) is 12.2. The Kier molecular flexibility index (Phi) is 7.05. The van der Waals surface area contributed by atoms with Crippen LogP contribution in [0.1, 0.15) is 16.7 Å². The largest absolute Gasteiger partial charge is 0.458 e. The smallest absolute Gasteiger partial charge is 0.256 e. The maximum absolute atomic E-state index is 6.85. The fourth-order valence-electron chi connectivity index (χ4n) is 9.78. The molecule has 3 heterocycles. The predicted octanol–water partition coefficient (Wildman–Crippen LogP) is 8.04. The quantitative estimate of drug-likeness (QED) is 0.171. The third kappa shape index (κ3) is 4.62. The van der Waals surface area contributed by atoms with Gasteiger partial charge in [-0.05, 0) is 110 Å². The molecule has 3 aliphatic rings. The van der Waals surface area contributed by atoms with Crippen molar-refractivity contribution in [3.63, 3.8) is 0 Å². The molecular weight excluding hydrogens is 681 g/mol. The predicted molar refractivity (Wildman–Crippen MR) is 235 cm³/mol. The first-order valence-corrected chi connectivity index (χ1v) is 21.3. The van der Waals surface area contributed by atoms with Gasteiger partial charge in [0.2, 0.25) is 0 Å². The van der Waals surface area contributed by atoms with Gasteiger partial charge in [0.25, 0.3) is 6.71 Å². The van der Waals surface area contributed by atoms with Crippen LogP contribution in [0, 0.1) is 20.8 Å². The molecule has 11 rings (SSSR count). The van der Waals surface area contributed by atoms with E-state index in [0.29, 0.717) is 0 Å². The fourth-order valence-corrected chi connectivity index (χ4v) is 14.9. The molecule has 0 bridgehead atoms. The number of ether oxygens (including phenoxy) is 1. The van der Waals surface area contributed by atoms with Crippen LogP contribution in [-0.4, -0.2) is 14.8 Å². The van der Waals surface area contributed by atoms with E-state index in [1.54, 1.807) is 0 Å². The van der Waals surface area contributed by atoms with Crippen molar-refractivity contribution in [1.29, 1.82) is 0 Å². The summed E-state index contributed by atoms with van der Waals surface area (Å²) in [5.41, 5.74) is 16.1. The Morgan fingerprint density at radius 2 is 1.07 bits per heavy atom. The van der Waals surface area contributed by atoms with E-state index in [2.05, 4.69) is 202 Å². The Bertz CT molecular complexity index is 2780. The van der Waals surface area contributed by atoms with Crippen molar-refractivity contribution in [2.45, 2.75) is 20.8 Å². The third-order valence-corrected chi connectivity index (χ3v) is 17.1. The Hall–Kier alpha value is -6.36. The molecule has 3 aliphatic heterocycles. The van der Waals surface area contributed by atoms with E-state index in [1.165, 1.54) is 87.5 Å². The van der Waals surface area contributed by atoms with Crippen molar-refractivity contribution < 1.29 is 4.74 Å². The summed E-state index contributed by atoms with van der Waals surface area (Å²) in [4.78, 5) is 2.54. The summed E-state index contributed by atoms with van der Waals surface area (Å²) in [6.07, 6.45) is 0. The lowest BCUT2D eigenvalue weighted by Crippen LogP contribution is -2.73. The summed E-state index contributed by atoms with van der Waals surface area (Å²) < 4.78 is 6.85. The van der Waals surface area contributed by atoms with Crippen LogP contribution in [-0.2, 0) is 0 Å². The Morgan fingerprint density at radius 3 is 1.82 bits per heavy atom. The van der Waals surface area contributed by atoms with Gasteiger partial charge in [0.15, 0.2) is 8.07 Å². The van der Waals surface area contributed by atoms with E-state index < -0.39 is 8.07 Å². The zero-order valence-electron chi connectivity index (χ0n) is 31.2. The summed E-state index contributed by atoms with van der Waals surface area (Å²) in [6.45, 7) is 6.58. The molecule has 0 saturated carbocycles. The minimum atomic E-state index is -2.78. The first kappa shape index (κ1) is 32.1. The van der Waals surface area contributed by atoms with E-state index >= 15 is 0 Å². The van der Waals surface area contributed by atoms with Gasteiger partial charge < -0.3 is 9.64 Å². The zero-order chi connectivity index (χ0) is 36.8. The molecule has 0 radical (unpaired) electrons. The van der Waals surface area contributed by atoms with Crippen LogP contribution in [0.5, 0.6) is 11.5 Å². The van der Waals surface area contributed by atoms with Gasteiger partial charge in [-0.25, -0.2) is 0 Å². The molecule has 0 aromatic heterocycles. The molecule has 0 aliphatic carbocycles. The SMILES string of the molecule is Cc1ccc([Si]2(c3ccc(C)cc3)c3ccccc3-c3cc4c(cc32)B2c3ccccc3Oc3cc(C)cc(c32)N4c2ccccc2-c2ccccc2)cc1. The Labute approximate surface area is 324 Å². The highest BCUT2D eigenvalue weighted by atomic mass is 28.3. The van der Waals surface area contributed by atoms with E-state index in [4.69, 9.17) is 4.74 Å². The molecule has 0 fully saturated rings. The molecule has 260 valence electrons. The second-order valence-corrected chi connectivity index (χ2v) is 19.2. The summed E-state index contributed by atoms with van der Waals surface area (Å²) in [6, 6.07) is 66.3. The average Bonchev–Trinajstić information content (AvgIpc) is 3.50. The van der Waals surface area contributed by atoms with Gasteiger partial charge in [0, 0.05) is 16.9 Å². The average molecular weight is 720 g/mol. The van der Waals surface area contributed by atoms with E-state index in [-0.39, 0.29) is 6.71 Å². The van der Waals surface area contributed by atoms with Crippen LogP contribution < -0.4 is 46.8 Å². The van der Waals surface area contributed by atoms with Crippen molar-refractivity contribution in [3.8, 4) is 33.8 Å². The minimum Gasteiger partial charge on any atom is -0.458 e. The molecule has 0 saturated heterocycles. The number of aryl methyl sites for hydroxylation is 3. The maximum atomic E-state index is 6.85. The highest BCUT2D eigenvalue weighted by Gasteiger charge is 2.51. The van der Waals surface area contributed by atoms with Crippen LogP contribution in [0.4, 0.5) is 17.1 Å². The highest BCUT2D eigenvalue weighted by Crippen LogP contribution is 2.46. The number of rotatable bonds is 4. The molecule has 0 unspecified atom stereocenters. The summed E-state index contributed by atoms with van der Waals surface area (Å²) in [7, 11) is -2.78. The number of fused-ring (bicyclic) bond motifs is 7. The normalized spacial score (nSPS) is 13.9. The monoisotopic (exact) mass is 719 g/mol. The second kappa shape index (κ2) is 12.1. The second-order valence-electron chi connectivity index (χ2n) is 15.5. The van der Waals surface area contributed by atoms with Crippen molar-refractivity contribution in [2.24, 2.45) is 0 Å². The van der Waals surface area contributed by atoms with Crippen molar-refractivity contribution in [1.82, 2.24) is 0 Å². The first-order chi connectivity index (χ1) is 27.0. The van der Waals surface area contributed by atoms with Gasteiger partial charge in [-0.1, -0.05) is 157 Å². The van der Waals surface area contributed by atoms with E-state index in [9.17, 15) is 0 Å². The van der Waals surface area contributed by atoms with Crippen LogP contribution in [0.3, 0.4) is 0 Å². The first-order valence-electron chi connectivity index (χ1n) is 19.3. The van der Waals surface area contributed by atoms with Crippen molar-refractivity contribution in [3.05, 3.63) is 193 Å². The van der Waals surface area contributed by atoms with Crippen LogP contribution in [0.15, 0.2) is 176 Å². The number of anilines is 3. The lowest BCUT2D eigenvalue weighted by molar-refractivity contribution is 0.487. The minimum absolute atomic E-state index is 0.00225. The fraction of sp³-hybridized carbons (Fsp3) is 0.0588. The molecule has 0 atom stereocenters. The van der Waals surface area contributed by atoms with Gasteiger partial charge in [0.05, 0.1) is 5.69 Å². The zero-order valence-corrected chi connectivity index (χ0v) is 32.2. The molecule has 8 aromatic carbocycles. The van der Waals surface area contributed by atoms with Crippen LogP contribution in [0.2, 0.25) is 0 Å². The molecular formula is C51H38BNOSi. The standard InChI is InChI=1S/C51H38BNOSi/c1-33-21-25-37(26-22-33)55(38-27-23-34(2)24-28-38)49-20-12-8-16-40(49)41-31-45-43(32-50(41)55)52-42-17-9-11-19-47(42)54-48-30-35(3)29-46(51(48)52)53(45)44-18-10-7-15-39(44)36-13-5-4-6-14-36/h4-32H,1-3H3. The number of nitrogens with zero attached hydrogens (tertiary/aromatic N) is 1. The van der Waals surface area contributed by atoms with Crippen LogP contribution in [0.25, 0.3) is 22.3 Å². The number of benzene rings is 8. The van der Waals surface area contributed by atoms with Gasteiger partial charge in [-0.2, -0.15) is 0 Å². The molecule has 55 heavy (non-hydrogen) atoms. The van der Waals surface area contributed by atoms with Gasteiger partial charge in [0.1, 0.15) is 11.5 Å². The van der Waals surface area contributed by atoms with Gasteiger partial charge in [-0.3, -0.25) is 0 Å².